The molecule has 0 bridgehead atoms. The molecule has 3 heterocycles. The van der Waals surface area contributed by atoms with Gasteiger partial charge in [0.05, 0.1) is 31.7 Å². The number of nitrogens with zero attached hydrogens (tertiary/aromatic N) is 3. The van der Waals surface area contributed by atoms with Crippen LogP contribution in [0, 0.1) is 5.41 Å². The SMILES string of the molecule is CC.COc1ccc(OCc2ccccc2)c(CNCc2cc(C3OCC4(CC4)CN3C(=O)C(F)(F)F)cc(CO)n2)n1. The summed E-state index contributed by atoms with van der Waals surface area (Å²) in [6.07, 6.45) is -4.84. The molecule has 2 fully saturated rings. The first-order chi connectivity index (χ1) is 20.7. The third kappa shape index (κ3) is 8.21. The molecule has 1 spiro atoms. The van der Waals surface area contributed by atoms with E-state index in [1.54, 1.807) is 18.2 Å². The van der Waals surface area contributed by atoms with E-state index in [0.29, 0.717) is 48.0 Å². The highest BCUT2D eigenvalue weighted by molar-refractivity contribution is 5.82. The van der Waals surface area contributed by atoms with Crippen LogP contribution in [-0.2, 0) is 35.8 Å². The van der Waals surface area contributed by atoms with Gasteiger partial charge in [-0.15, -0.1) is 0 Å². The Morgan fingerprint density at radius 3 is 2.47 bits per heavy atom. The third-order valence-corrected chi connectivity index (χ3v) is 7.15. The lowest BCUT2D eigenvalue weighted by molar-refractivity contribution is -0.210. The van der Waals surface area contributed by atoms with Gasteiger partial charge in [-0.05, 0) is 36.6 Å². The van der Waals surface area contributed by atoms with Crippen LogP contribution in [0.5, 0.6) is 11.6 Å². The van der Waals surface area contributed by atoms with Gasteiger partial charge < -0.3 is 29.5 Å². The highest BCUT2D eigenvalue weighted by Crippen LogP contribution is 2.51. The zero-order chi connectivity index (χ0) is 31.0. The molecule has 2 aliphatic rings. The van der Waals surface area contributed by atoms with Crippen molar-refractivity contribution in [3.05, 3.63) is 82.8 Å². The highest BCUT2D eigenvalue weighted by Gasteiger charge is 2.55. The molecule has 0 radical (unpaired) electrons. The second-order valence-electron chi connectivity index (χ2n) is 10.3. The van der Waals surface area contributed by atoms with Crippen LogP contribution in [0.15, 0.2) is 54.6 Å². The van der Waals surface area contributed by atoms with Gasteiger partial charge in [0.25, 0.3) is 0 Å². The summed E-state index contributed by atoms with van der Waals surface area (Å²) in [5.74, 6) is -0.970. The first kappa shape index (κ1) is 32.2. The molecule has 232 valence electrons. The molecule has 43 heavy (non-hydrogen) atoms. The summed E-state index contributed by atoms with van der Waals surface area (Å²) in [6.45, 7) is 4.61. The molecule has 1 aromatic carbocycles. The maximum atomic E-state index is 13.5. The summed E-state index contributed by atoms with van der Waals surface area (Å²) in [4.78, 5) is 22.0. The number of nitrogens with one attached hydrogen (secondary N) is 1. The van der Waals surface area contributed by atoms with Gasteiger partial charge in [0.1, 0.15) is 18.1 Å². The minimum Gasteiger partial charge on any atom is -0.487 e. The number of ether oxygens (including phenoxy) is 3. The minimum absolute atomic E-state index is 0.0341. The standard InChI is InChI=1S/C29H31F3N4O5.C2H6/c1-39-25-8-7-24(40-16-19-5-3-2-4-6-19)23(35-25)14-33-13-21-11-20(12-22(15-37)34-21)26-36(27(38)29(30,31)32)17-28(9-10-28)18-41-26;1-2/h2-8,11-12,26,33,37H,9-10,13-18H2,1H3;1-2H3. The van der Waals surface area contributed by atoms with E-state index >= 15 is 0 Å². The molecule has 5 rings (SSSR count). The van der Waals surface area contributed by atoms with Crippen LogP contribution in [0.2, 0.25) is 0 Å². The Morgan fingerprint density at radius 1 is 1.09 bits per heavy atom. The largest absolute Gasteiger partial charge is 0.487 e. The van der Waals surface area contributed by atoms with Crippen LogP contribution in [0.1, 0.15) is 61.1 Å². The van der Waals surface area contributed by atoms with E-state index in [0.717, 1.165) is 10.5 Å². The van der Waals surface area contributed by atoms with Gasteiger partial charge in [-0.25, -0.2) is 4.98 Å². The zero-order valence-corrected chi connectivity index (χ0v) is 24.5. The molecule has 1 atom stereocenters. The third-order valence-electron chi connectivity index (χ3n) is 7.15. The van der Waals surface area contributed by atoms with E-state index in [2.05, 4.69) is 15.3 Å². The molecule has 2 aromatic heterocycles. The van der Waals surface area contributed by atoms with Crippen LogP contribution in [0.4, 0.5) is 13.2 Å². The summed E-state index contributed by atoms with van der Waals surface area (Å²) in [5.41, 5.74) is 2.19. The van der Waals surface area contributed by atoms with E-state index in [9.17, 15) is 23.1 Å². The van der Waals surface area contributed by atoms with Gasteiger partial charge in [-0.2, -0.15) is 13.2 Å². The Balaban J connectivity index is 0.00000207. The maximum Gasteiger partial charge on any atom is 0.471 e. The summed E-state index contributed by atoms with van der Waals surface area (Å²) >= 11 is 0. The van der Waals surface area contributed by atoms with Gasteiger partial charge in [0.2, 0.25) is 5.88 Å². The molecular weight excluding hydrogens is 565 g/mol. The Morgan fingerprint density at radius 2 is 1.81 bits per heavy atom. The number of aromatic nitrogens is 2. The average molecular weight is 603 g/mol. The summed E-state index contributed by atoms with van der Waals surface area (Å²) in [5, 5.41) is 13.0. The Kier molecular flexibility index (Phi) is 10.6. The molecule has 1 saturated carbocycles. The predicted molar refractivity (Wildman–Crippen MR) is 152 cm³/mol. The number of aliphatic hydroxyl groups excluding tert-OH is 1. The monoisotopic (exact) mass is 602 g/mol. The fourth-order valence-corrected chi connectivity index (χ4v) is 4.81. The number of carbonyl (C=O) groups excluding carboxylic acids is 1. The van der Waals surface area contributed by atoms with Crippen molar-refractivity contribution >= 4 is 5.91 Å². The van der Waals surface area contributed by atoms with E-state index in [4.69, 9.17) is 14.2 Å². The topological polar surface area (TPSA) is 106 Å². The van der Waals surface area contributed by atoms with E-state index in [1.165, 1.54) is 13.2 Å². The number of carbonyl (C=O) groups is 1. The Hall–Kier alpha value is -3.74. The first-order valence-corrected chi connectivity index (χ1v) is 14.2. The summed E-state index contributed by atoms with van der Waals surface area (Å²) < 4.78 is 57.4. The number of methoxy groups -OCH3 is 1. The molecule has 12 heteroatoms. The van der Waals surface area contributed by atoms with E-state index in [-0.39, 0.29) is 31.9 Å². The van der Waals surface area contributed by atoms with Crippen LogP contribution < -0.4 is 14.8 Å². The molecule has 1 saturated heterocycles. The average Bonchev–Trinajstić information content (AvgIpc) is 3.78. The normalized spacial score (nSPS) is 17.2. The maximum absolute atomic E-state index is 13.5. The van der Waals surface area contributed by atoms with Gasteiger partial charge in [-0.3, -0.25) is 9.78 Å². The van der Waals surface area contributed by atoms with Crippen LogP contribution in [0.25, 0.3) is 0 Å². The van der Waals surface area contributed by atoms with Crippen molar-refractivity contribution < 1.29 is 37.3 Å². The van der Waals surface area contributed by atoms with Gasteiger partial charge in [0.15, 0.2) is 6.23 Å². The second kappa shape index (κ2) is 14.2. The molecule has 1 aliphatic carbocycles. The number of alkyl halides is 3. The Bertz CT molecular complexity index is 1370. The van der Waals surface area contributed by atoms with Crippen molar-refractivity contribution in [3.8, 4) is 11.6 Å². The number of amides is 1. The van der Waals surface area contributed by atoms with Crippen molar-refractivity contribution in [1.82, 2.24) is 20.2 Å². The molecule has 9 nitrogen and oxygen atoms in total. The summed E-state index contributed by atoms with van der Waals surface area (Å²) in [7, 11) is 1.51. The molecule has 1 amide bonds. The van der Waals surface area contributed by atoms with E-state index < -0.39 is 30.3 Å². The number of halogens is 3. The smallest absolute Gasteiger partial charge is 0.471 e. The van der Waals surface area contributed by atoms with Crippen molar-refractivity contribution in [2.45, 2.75) is 65.4 Å². The number of rotatable bonds is 10. The first-order valence-electron chi connectivity index (χ1n) is 14.2. The predicted octanol–water partition coefficient (Wildman–Crippen LogP) is 5.07. The zero-order valence-electron chi connectivity index (χ0n) is 24.5. The van der Waals surface area contributed by atoms with Crippen molar-refractivity contribution in [2.24, 2.45) is 5.41 Å². The van der Waals surface area contributed by atoms with Crippen LogP contribution >= 0.6 is 0 Å². The fraction of sp³-hybridized carbons (Fsp3) is 0.452. The molecule has 1 unspecified atom stereocenters. The summed E-state index contributed by atoms with van der Waals surface area (Å²) in [6, 6.07) is 16.2. The van der Waals surface area contributed by atoms with Crippen molar-refractivity contribution in [1.29, 1.82) is 0 Å². The van der Waals surface area contributed by atoms with Gasteiger partial charge in [0, 0.05) is 36.7 Å². The number of pyridine rings is 2. The van der Waals surface area contributed by atoms with Crippen molar-refractivity contribution in [3.63, 3.8) is 0 Å². The Labute approximate surface area is 249 Å². The minimum atomic E-state index is -5.03. The molecule has 3 aromatic rings. The van der Waals surface area contributed by atoms with E-state index in [1.807, 2.05) is 44.2 Å². The molecular formula is C31H37F3N4O5. The molecule has 2 N–H and O–H groups in total. The lowest BCUT2D eigenvalue weighted by Gasteiger charge is -2.40. The van der Waals surface area contributed by atoms with Crippen LogP contribution in [0.3, 0.4) is 0 Å². The lowest BCUT2D eigenvalue weighted by Crippen LogP contribution is -2.51. The molecule has 1 aliphatic heterocycles. The van der Waals surface area contributed by atoms with Gasteiger partial charge >= 0.3 is 12.1 Å². The number of hydrogen-bond acceptors (Lipinski definition) is 8. The van der Waals surface area contributed by atoms with Crippen molar-refractivity contribution in [2.75, 3.05) is 20.3 Å². The number of aliphatic hydroxyl groups is 1. The van der Waals surface area contributed by atoms with Gasteiger partial charge in [-0.1, -0.05) is 44.2 Å². The number of hydrogen-bond donors (Lipinski definition) is 2. The lowest BCUT2D eigenvalue weighted by atomic mass is 10.0. The highest BCUT2D eigenvalue weighted by atomic mass is 19.4. The second-order valence-corrected chi connectivity index (χ2v) is 10.3. The fourth-order valence-electron chi connectivity index (χ4n) is 4.81. The number of benzene rings is 1. The van der Waals surface area contributed by atoms with Crippen LogP contribution in [-0.4, -0.2) is 52.3 Å². The quantitative estimate of drug-likeness (QED) is 0.331.